The highest BCUT2D eigenvalue weighted by Gasteiger charge is 2.31. The number of sulfonamides is 1. The Morgan fingerprint density at radius 1 is 1.30 bits per heavy atom. The minimum Gasteiger partial charge on any atom is -0.454 e. The molecule has 0 bridgehead atoms. The van der Waals surface area contributed by atoms with Gasteiger partial charge in [-0.05, 0) is 25.1 Å². The van der Waals surface area contributed by atoms with Crippen LogP contribution in [0.4, 0.5) is 0 Å². The van der Waals surface area contributed by atoms with Crippen molar-refractivity contribution in [2.75, 3.05) is 19.6 Å². The number of nitrogens with zero attached hydrogens (tertiary/aromatic N) is 2. The second-order valence-corrected chi connectivity index (χ2v) is 8.40. The quantitative estimate of drug-likeness (QED) is 0.821. The van der Waals surface area contributed by atoms with Gasteiger partial charge >= 0.3 is 0 Å². The number of nitrogens with one attached hydrogen (secondary N) is 1. The van der Waals surface area contributed by atoms with Crippen LogP contribution in [0.5, 0.6) is 11.5 Å². The third-order valence-corrected chi connectivity index (χ3v) is 5.33. The number of benzene rings is 1. The van der Waals surface area contributed by atoms with Crippen molar-refractivity contribution in [2.24, 2.45) is 0 Å². The Morgan fingerprint density at radius 2 is 2.07 bits per heavy atom. The van der Waals surface area contributed by atoms with Crippen LogP contribution in [-0.2, 0) is 27.8 Å². The Bertz CT molecular complexity index is 1000. The van der Waals surface area contributed by atoms with E-state index >= 15 is 0 Å². The molecule has 0 saturated heterocycles. The van der Waals surface area contributed by atoms with Gasteiger partial charge in [-0.15, -0.1) is 0 Å². The molecule has 1 N–H and O–H groups in total. The lowest BCUT2D eigenvalue weighted by Crippen LogP contribution is -2.48. The molecule has 1 aromatic carbocycles. The largest absolute Gasteiger partial charge is 0.454 e. The van der Waals surface area contributed by atoms with Crippen molar-refractivity contribution in [2.45, 2.75) is 25.9 Å². The predicted octanol–water partition coefficient (Wildman–Crippen LogP) is 0.893. The molecule has 0 unspecified atom stereocenters. The SMILES string of the molecule is C[C@@H](NS(C)(=O)=O)C(=O)N1CCc2onc(-c3ccc4c(c3)OCO4)c2C1. The van der Waals surface area contributed by atoms with Crippen molar-refractivity contribution in [3.05, 3.63) is 29.5 Å². The summed E-state index contributed by atoms with van der Waals surface area (Å²) in [5.41, 5.74) is 2.27. The molecule has 3 heterocycles. The van der Waals surface area contributed by atoms with Crippen LogP contribution in [-0.4, -0.2) is 50.0 Å². The molecule has 144 valence electrons. The Balaban J connectivity index is 1.58. The van der Waals surface area contributed by atoms with E-state index in [-0.39, 0.29) is 12.7 Å². The van der Waals surface area contributed by atoms with Gasteiger partial charge < -0.3 is 18.9 Å². The summed E-state index contributed by atoms with van der Waals surface area (Å²) in [4.78, 5) is 14.2. The van der Waals surface area contributed by atoms with Crippen LogP contribution < -0.4 is 14.2 Å². The first-order chi connectivity index (χ1) is 12.8. The monoisotopic (exact) mass is 393 g/mol. The summed E-state index contributed by atoms with van der Waals surface area (Å²) in [6, 6.07) is 4.66. The number of hydrogen-bond acceptors (Lipinski definition) is 7. The molecule has 4 rings (SSSR count). The minimum atomic E-state index is -3.47. The number of fused-ring (bicyclic) bond motifs is 2. The van der Waals surface area contributed by atoms with Gasteiger partial charge in [0.25, 0.3) is 0 Å². The van der Waals surface area contributed by atoms with Crippen molar-refractivity contribution in [3.8, 4) is 22.8 Å². The molecule has 0 fully saturated rings. The molecule has 27 heavy (non-hydrogen) atoms. The molecule has 2 aliphatic rings. The molecular weight excluding hydrogens is 374 g/mol. The van der Waals surface area contributed by atoms with Crippen LogP contribution in [0.2, 0.25) is 0 Å². The number of aromatic nitrogens is 1. The number of amides is 1. The zero-order valence-electron chi connectivity index (χ0n) is 14.9. The first-order valence-corrected chi connectivity index (χ1v) is 10.3. The van der Waals surface area contributed by atoms with Gasteiger partial charge in [0.2, 0.25) is 22.7 Å². The van der Waals surface area contributed by atoms with Crippen molar-refractivity contribution < 1.29 is 27.2 Å². The van der Waals surface area contributed by atoms with E-state index < -0.39 is 16.1 Å². The highest BCUT2D eigenvalue weighted by Crippen LogP contribution is 2.38. The van der Waals surface area contributed by atoms with Gasteiger partial charge in [0.05, 0.1) is 18.8 Å². The van der Waals surface area contributed by atoms with Gasteiger partial charge in [0.1, 0.15) is 11.5 Å². The summed E-state index contributed by atoms with van der Waals surface area (Å²) >= 11 is 0. The van der Waals surface area contributed by atoms with E-state index in [1.165, 1.54) is 6.92 Å². The lowest BCUT2D eigenvalue weighted by molar-refractivity contribution is -0.133. The van der Waals surface area contributed by atoms with Gasteiger partial charge in [-0.25, -0.2) is 13.1 Å². The zero-order valence-corrected chi connectivity index (χ0v) is 15.7. The first kappa shape index (κ1) is 17.8. The van der Waals surface area contributed by atoms with Crippen molar-refractivity contribution in [1.82, 2.24) is 14.8 Å². The molecule has 10 heteroatoms. The van der Waals surface area contributed by atoms with Gasteiger partial charge in [0, 0.05) is 24.1 Å². The van der Waals surface area contributed by atoms with Gasteiger partial charge in [0.15, 0.2) is 11.5 Å². The van der Waals surface area contributed by atoms with E-state index in [9.17, 15) is 13.2 Å². The minimum absolute atomic E-state index is 0.184. The molecular formula is C17H19N3O6S. The summed E-state index contributed by atoms with van der Waals surface area (Å²) in [5, 5.41) is 4.17. The lowest BCUT2D eigenvalue weighted by Gasteiger charge is -2.28. The summed E-state index contributed by atoms with van der Waals surface area (Å²) < 4.78 is 41.3. The second kappa shape index (κ2) is 6.54. The molecule has 2 aliphatic heterocycles. The van der Waals surface area contributed by atoms with Gasteiger partial charge in [-0.2, -0.15) is 0 Å². The average molecular weight is 393 g/mol. The van der Waals surface area contributed by atoms with Crippen LogP contribution in [0.1, 0.15) is 18.2 Å². The van der Waals surface area contributed by atoms with Crippen LogP contribution in [0.25, 0.3) is 11.3 Å². The van der Waals surface area contributed by atoms with Crippen molar-refractivity contribution in [3.63, 3.8) is 0 Å². The Morgan fingerprint density at radius 3 is 2.85 bits per heavy atom. The Kier molecular flexibility index (Phi) is 4.31. The smallest absolute Gasteiger partial charge is 0.240 e. The van der Waals surface area contributed by atoms with Crippen LogP contribution >= 0.6 is 0 Å². The van der Waals surface area contributed by atoms with Crippen LogP contribution in [0.15, 0.2) is 22.7 Å². The number of rotatable bonds is 4. The summed E-state index contributed by atoms with van der Waals surface area (Å²) in [7, 11) is -3.47. The molecule has 0 aliphatic carbocycles. The molecule has 9 nitrogen and oxygen atoms in total. The third-order valence-electron chi connectivity index (χ3n) is 4.55. The first-order valence-electron chi connectivity index (χ1n) is 8.45. The molecule has 1 amide bonds. The van der Waals surface area contributed by atoms with E-state index in [0.717, 1.165) is 23.1 Å². The lowest BCUT2D eigenvalue weighted by atomic mass is 10.0. The number of carbonyl (C=O) groups excluding carboxylic acids is 1. The predicted molar refractivity (Wildman–Crippen MR) is 94.6 cm³/mol. The highest BCUT2D eigenvalue weighted by molar-refractivity contribution is 7.88. The summed E-state index contributed by atoms with van der Waals surface area (Å²) in [6.07, 6.45) is 1.55. The fraction of sp³-hybridized carbons (Fsp3) is 0.412. The molecule has 1 atom stereocenters. The summed E-state index contributed by atoms with van der Waals surface area (Å²) in [6.45, 7) is 2.46. The maximum atomic E-state index is 12.6. The molecule has 0 spiro atoms. The Labute approximate surface area is 156 Å². The third kappa shape index (κ3) is 3.50. The fourth-order valence-electron chi connectivity index (χ4n) is 3.31. The molecule has 2 aromatic rings. The molecule has 0 saturated carbocycles. The second-order valence-electron chi connectivity index (χ2n) is 6.62. The van der Waals surface area contributed by atoms with Crippen LogP contribution in [0, 0.1) is 0 Å². The molecule has 1 aromatic heterocycles. The fourth-order valence-corrected chi connectivity index (χ4v) is 4.06. The van der Waals surface area contributed by atoms with Gasteiger partial charge in [-0.3, -0.25) is 4.79 Å². The Hall–Kier alpha value is -2.59. The topological polar surface area (TPSA) is 111 Å². The number of hydrogen-bond donors (Lipinski definition) is 1. The number of ether oxygens (including phenoxy) is 2. The van der Waals surface area contributed by atoms with Crippen LogP contribution in [0.3, 0.4) is 0 Å². The maximum absolute atomic E-state index is 12.6. The maximum Gasteiger partial charge on any atom is 0.240 e. The molecule has 0 radical (unpaired) electrons. The van der Waals surface area contributed by atoms with Gasteiger partial charge in [-0.1, -0.05) is 5.16 Å². The van der Waals surface area contributed by atoms with E-state index in [1.54, 1.807) is 4.90 Å². The summed E-state index contributed by atoms with van der Waals surface area (Å²) in [5.74, 6) is 1.76. The van der Waals surface area contributed by atoms with E-state index in [1.807, 2.05) is 18.2 Å². The number of carbonyl (C=O) groups is 1. The van der Waals surface area contributed by atoms with Crippen molar-refractivity contribution >= 4 is 15.9 Å². The average Bonchev–Trinajstić information content (AvgIpc) is 3.24. The highest BCUT2D eigenvalue weighted by atomic mass is 32.2. The zero-order chi connectivity index (χ0) is 19.2. The normalized spacial score (nSPS) is 16.9. The van der Waals surface area contributed by atoms with Crippen molar-refractivity contribution in [1.29, 1.82) is 0 Å². The van der Waals surface area contributed by atoms with E-state index in [2.05, 4.69) is 9.88 Å². The van der Waals surface area contributed by atoms with E-state index in [0.29, 0.717) is 36.7 Å². The standard InChI is InChI=1S/C17H19N3O6S/c1-10(19-27(2,22)23)17(21)20-6-5-13-12(8-20)16(18-26-13)11-3-4-14-15(7-11)25-9-24-14/h3-4,7,10,19H,5-6,8-9H2,1-2H3/t10-/m1/s1. The van der Waals surface area contributed by atoms with E-state index in [4.69, 9.17) is 14.0 Å².